The summed E-state index contributed by atoms with van der Waals surface area (Å²) in [5.41, 5.74) is 1.44. The number of hydrogen-bond donors (Lipinski definition) is 1. The molecule has 2 atom stereocenters. The fourth-order valence-corrected chi connectivity index (χ4v) is 5.75. The molecule has 0 aliphatic heterocycles. The SMILES string of the molecule is CCC(C)NC(=O)C(Cc1ccccc1)N(Cc1ccc(Cl)c(Cl)c1)C(=O)CCCN(c1ccc(F)c(F)c1)S(C)(=O)=O. The van der Waals surface area contributed by atoms with Crippen molar-refractivity contribution in [2.75, 3.05) is 17.1 Å². The third-order valence-electron chi connectivity index (χ3n) is 6.95. The summed E-state index contributed by atoms with van der Waals surface area (Å²) >= 11 is 12.4. The average molecular weight is 655 g/mol. The summed E-state index contributed by atoms with van der Waals surface area (Å²) < 4.78 is 53.3. The van der Waals surface area contributed by atoms with E-state index in [0.29, 0.717) is 22.0 Å². The lowest BCUT2D eigenvalue weighted by atomic mass is 10.0. The van der Waals surface area contributed by atoms with Crippen LogP contribution >= 0.6 is 23.2 Å². The molecular formula is C31H35Cl2F2N3O4S. The van der Waals surface area contributed by atoms with Crippen LogP contribution in [0.3, 0.4) is 0 Å². The molecule has 0 bridgehead atoms. The van der Waals surface area contributed by atoms with Gasteiger partial charge in [0, 0.05) is 38.0 Å². The Bertz CT molecular complexity index is 1530. The van der Waals surface area contributed by atoms with Crippen LogP contribution in [0, 0.1) is 11.6 Å². The first-order valence-electron chi connectivity index (χ1n) is 13.8. The zero-order valence-electron chi connectivity index (χ0n) is 24.2. The van der Waals surface area contributed by atoms with Gasteiger partial charge in [0.15, 0.2) is 11.6 Å². The van der Waals surface area contributed by atoms with Crippen LogP contribution in [-0.4, -0.2) is 50.0 Å². The Kier molecular flexibility index (Phi) is 12.4. The van der Waals surface area contributed by atoms with Gasteiger partial charge < -0.3 is 10.2 Å². The summed E-state index contributed by atoms with van der Waals surface area (Å²) in [5, 5.41) is 3.62. The summed E-state index contributed by atoms with van der Waals surface area (Å²) in [5.74, 6) is -3.02. The lowest BCUT2D eigenvalue weighted by Crippen LogP contribution is -2.52. The molecule has 1 N–H and O–H groups in total. The molecule has 2 amide bonds. The normalized spacial score (nSPS) is 12.8. The highest BCUT2D eigenvalue weighted by atomic mass is 35.5. The van der Waals surface area contributed by atoms with E-state index >= 15 is 0 Å². The van der Waals surface area contributed by atoms with Crippen molar-refractivity contribution in [3.63, 3.8) is 0 Å². The molecule has 232 valence electrons. The first-order valence-corrected chi connectivity index (χ1v) is 16.4. The summed E-state index contributed by atoms with van der Waals surface area (Å²) in [6.07, 6.45) is 1.80. The summed E-state index contributed by atoms with van der Waals surface area (Å²) in [6, 6.07) is 16.0. The second-order valence-electron chi connectivity index (χ2n) is 10.3. The molecule has 7 nitrogen and oxygen atoms in total. The largest absolute Gasteiger partial charge is 0.352 e. The van der Waals surface area contributed by atoms with Crippen LogP contribution in [0.4, 0.5) is 14.5 Å². The molecule has 0 heterocycles. The smallest absolute Gasteiger partial charge is 0.243 e. The number of hydrogen-bond acceptors (Lipinski definition) is 4. The maximum Gasteiger partial charge on any atom is 0.243 e. The van der Waals surface area contributed by atoms with Gasteiger partial charge in [0.25, 0.3) is 0 Å². The number of rotatable bonds is 14. The van der Waals surface area contributed by atoms with Gasteiger partial charge >= 0.3 is 0 Å². The van der Waals surface area contributed by atoms with Crippen molar-refractivity contribution in [3.05, 3.63) is 99.5 Å². The molecule has 0 spiro atoms. The van der Waals surface area contributed by atoms with E-state index in [1.165, 1.54) is 4.90 Å². The minimum atomic E-state index is -3.88. The molecule has 3 rings (SSSR count). The molecular weight excluding hydrogens is 619 g/mol. The molecule has 0 aliphatic rings. The number of benzene rings is 3. The maximum atomic E-state index is 13.9. The van der Waals surface area contributed by atoms with Crippen LogP contribution in [-0.2, 0) is 32.6 Å². The Morgan fingerprint density at radius 1 is 0.930 bits per heavy atom. The third-order valence-corrected chi connectivity index (χ3v) is 8.89. The Morgan fingerprint density at radius 3 is 2.23 bits per heavy atom. The van der Waals surface area contributed by atoms with Gasteiger partial charge in [0.05, 0.1) is 22.0 Å². The van der Waals surface area contributed by atoms with Gasteiger partial charge in [0.1, 0.15) is 6.04 Å². The van der Waals surface area contributed by atoms with Crippen LogP contribution in [0.1, 0.15) is 44.2 Å². The lowest BCUT2D eigenvalue weighted by Gasteiger charge is -2.33. The van der Waals surface area contributed by atoms with Gasteiger partial charge in [-0.05, 0) is 55.2 Å². The molecule has 0 saturated carbocycles. The maximum absolute atomic E-state index is 13.9. The van der Waals surface area contributed by atoms with Gasteiger partial charge in [0.2, 0.25) is 21.8 Å². The van der Waals surface area contributed by atoms with E-state index in [4.69, 9.17) is 23.2 Å². The van der Waals surface area contributed by atoms with Gasteiger partial charge in [-0.25, -0.2) is 17.2 Å². The van der Waals surface area contributed by atoms with Crippen LogP contribution in [0.2, 0.25) is 10.0 Å². The van der Waals surface area contributed by atoms with Crippen molar-refractivity contribution in [1.29, 1.82) is 0 Å². The van der Waals surface area contributed by atoms with Gasteiger partial charge in [-0.3, -0.25) is 13.9 Å². The zero-order chi connectivity index (χ0) is 31.7. The highest BCUT2D eigenvalue weighted by Crippen LogP contribution is 2.25. The third kappa shape index (κ3) is 9.91. The number of carbonyl (C=O) groups excluding carboxylic acids is 2. The van der Waals surface area contributed by atoms with E-state index < -0.39 is 33.6 Å². The van der Waals surface area contributed by atoms with Gasteiger partial charge in [-0.15, -0.1) is 0 Å². The Morgan fingerprint density at radius 2 is 1.63 bits per heavy atom. The first kappa shape index (κ1) is 34.3. The zero-order valence-corrected chi connectivity index (χ0v) is 26.5. The molecule has 0 fully saturated rings. The molecule has 12 heteroatoms. The van der Waals surface area contributed by atoms with Crippen LogP contribution < -0.4 is 9.62 Å². The monoisotopic (exact) mass is 653 g/mol. The Hall–Kier alpha value is -3.21. The molecule has 2 unspecified atom stereocenters. The number of sulfonamides is 1. The van der Waals surface area contributed by atoms with Crippen LogP contribution in [0.25, 0.3) is 0 Å². The van der Waals surface area contributed by atoms with E-state index in [9.17, 15) is 26.8 Å². The number of nitrogens with one attached hydrogen (secondary N) is 1. The van der Waals surface area contributed by atoms with Gasteiger partial charge in [-0.1, -0.05) is 66.5 Å². The number of anilines is 1. The standard InChI is InChI=1S/C31H35Cl2F2N3O4S/c1-4-21(2)36-31(40)29(18-22-9-6-5-7-10-22)37(20-23-12-14-25(32)26(33)17-23)30(39)11-8-16-38(43(3,41)42)24-13-15-27(34)28(35)19-24/h5-7,9-10,12-15,17,19,21,29H,4,8,11,16,18,20H2,1-3H3,(H,36,40). The number of nitrogens with zero attached hydrogens (tertiary/aromatic N) is 2. The minimum absolute atomic E-state index is 0.0418. The van der Waals surface area contributed by atoms with Crippen molar-refractivity contribution in [2.24, 2.45) is 0 Å². The quantitative estimate of drug-likeness (QED) is 0.219. The van der Waals surface area contributed by atoms with Crippen LogP contribution in [0.15, 0.2) is 66.7 Å². The highest BCUT2D eigenvalue weighted by Gasteiger charge is 2.31. The predicted octanol–water partition coefficient (Wildman–Crippen LogP) is 6.37. The highest BCUT2D eigenvalue weighted by molar-refractivity contribution is 7.92. The number of halogens is 4. The van der Waals surface area contributed by atoms with Crippen molar-refractivity contribution < 1.29 is 26.8 Å². The molecule has 0 radical (unpaired) electrons. The van der Waals surface area contributed by atoms with E-state index in [1.807, 2.05) is 44.2 Å². The number of carbonyl (C=O) groups is 2. The second kappa shape index (κ2) is 15.5. The van der Waals surface area contributed by atoms with Gasteiger partial charge in [-0.2, -0.15) is 0 Å². The summed E-state index contributed by atoms with van der Waals surface area (Å²) in [6.45, 7) is 3.69. The molecule has 0 saturated heterocycles. The van der Waals surface area contributed by atoms with Crippen molar-refractivity contribution >= 4 is 50.7 Å². The van der Waals surface area contributed by atoms with E-state index in [2.05, 4.69) is 5.32 Å². The predicted molar refractivity (Wildman–Crippen MR) is 167 cm³/mol. The second-order valence-corrected chi connectivity index (χ2v) is 13.1. The van der Waals surface area contributed by atoms with E-state index in [1.54, 1.807) is 18.2 Å². The molecule has 0 aromatic heterocycles. The van der Waals surface area contributed by atoms with Crippen molar-refractivity contribution in [1.82, 2.24) is 10.2 Å². The number of amides is 2. The van der Waals surface area contributed by atoms with Crippen molar-refractivity contribution in [3.8, 4) is 0 Å². The lowest BCUT2D eigenvalue weighted by molar-refractivity contribution is -0.141. The fourth-order valence-electron chi connectivity index (χ4n) is 4.47. The van der Waals surface area contributed by atoms with Crippen molar-refractivity contribution in [2.45, 2.75) is 58.2 Å². The summed E-state index contributed by atoms with van der Waals surface area (Å²) in [4.78, 5) is 29.0. The Labute approximate surface area is 261 Å². The first-order chi connectivity index (χ1) is 20.3. The fraction of sp³-hybridized carbons (Fsp3) is 0.355. The average Bonchev–Trinajstić information content (AvgIpc) is 2.96. The summed E-state index contributed by atoms with van der Waals surface area (Å²) in [7, 11) is -3.88. The molecule has 43 heavy (non-hydrogen) atoms. The molecule has 3 aromatic rings. The van der Waals surface area contributed by atoms with E-state index in [-0.39, 0.29) is 50.0 Å². The Balaban J connectivity index is 1.92. The minimum Gasteiger partial charge on any atom is -0.352 e. The topological polar surface area (TPSA) is 86.8 Å². The molecule has 0 aliphatic carbocycles. The molecule has 3 aromatic carbocycles. The van der Waals surface area contributed by atoms with Crippen LogP contribution in [0.5, 0.6) is 0 Å². The van der Waals surface area contributed by atoms with E-state index in [0.717, 1.165) is 34.3 Å².